The summed E-state index contributed by atoms with van der Waals surface area (Å²) in [7, 11) is -3.81. The average Bonchev–Trinajstić information content (AvgIpc) is 3.38. The highest BCUT2D eigenvalue weighted by atomic mass is 32.2. The number of halogens is 1. The van der Waals surface area contributed by atoms with Crippen molar-refractivity contribution in [2.75, 3.05) is 5.32 Å². The topological polar surface area (TPSA) is 117 Å². The Morgan fingerprint density at radius 1 is 1.14 bits per heavy atom. The first-order valence-electron chi connectivity index (χ1n) is 12.1. The molecule has 1 amide bonds. The zero-order valence-electron chi connectivity index (χ0n) is 21.3. The fourth-order valence-electron chi connectivity index (χ4n) is 3.96. The van der Waals surface area contributed by atoms with Crippen molar-refractivity contribution in [3.63, 3.8) is 0 Å². The number of carbonyl (C=O) groups excluding carboxylic acids is 1. The number of nitrogens with one attached hydrogen (secondary N) is 3. The molecule has 1 aromatic carbocycles. The van der Waals surface area contributed by atoms with Gasteiger partial charge in [0.2, 0.25) is 5.91 Å². The summed E-state index contributed by atoms with van der Waals surface area (Å²) in [5.74, 6) is -0.747. The van der Waals surface area contributed by atoms with E-state index in [-0.39, 0.29) is 41.4 Å². The summed E-state index contributed by atoms with van der Waals surface area (Å²) < 4.78 is 42.5. The number of benzene rings is 1. The molecule has 0 saturated carbocycles. The summed E-state index contributed by atoms with van der Waals surface area (Å²) in [6, 6.07) is 7.46. The maximum absolute atomic E-state index is 14.6. The number of nitrogens with zero attached hydrogens (tertiary/aromatic N) is 2. The second kappa shape index (κ2) is 11.7. The van der Waals surface area contributed by atoms with Gasteiger partial charge < -0.3 is 5.32 Å². The molecule has 0 radical (unpaired) electrons. The van der Waals surface area contributed by atoms with Crippen LogP contribution in [0, 0.1) is 11.7 Å². The van der Waals surface area contributed by atoms with Crippen molar-refractivity contribution < 1.29 is 17.6 Å². The Kier molecular flexibility index (Phi) is 8.97. The maximum atomic E-state index is 14.6. The number of amides is 1. The molecule has 0 saturated heterocycles. The van der Waals surface area contributed by atoms with E-state index in [0.29, 0.717) is 16.8 Å². The van der Waals surface area contributed by atoms with Crippen molar-refractivity contribution in [2.24, 2.45) is 5.92 Å². The smallest absolute Gasteiger partial charge is 0.260 e. The summed E-state index contributed by atoms with van der Waals surface area (Å²) in [6.07, 6.45) is 4.21. The van der Waals surface area contributed by atoms with E-state index >= 15 is 0 Å². The fraction of sp³-hybridized carbons (Fsp3) is 0.423. The summed E-state index contributed by atoms with van der Waals surface area (Å²) in [5, 5.41) is 9.13. The van der Waals surface area contributed by atoms with E-state index in [9.17, 15) is 17.6 Å². The minimum absolute atomic E-state index is 0.0358. The van der Waals surface area contributed by atoms with E-state index in [1.807, 2.05) is 40.7 Å². The van der Waals surface area contributed by atoms with Gasteiger partial charge in [-0.2, -0.15) is 5.10 Å². The van der Waals surface area contributed by atoms with Crippen LogP contribution >= 0.6 is 0 Å². The normalized spacial score (nSPS) is 12.8. The van der Waals surface area contributed by atoms with Crippen molar-refractivity contribution in [3.8, 4) is 11.1 Å². The summed E-state index contributed by atoms with van der Waals surface area (Å²) in [6.45, 7) is 9.65. The molecule has 2 aromatic heterocycles. The van der Waals surface area contributed by atoms with Crippen molar-refractivity contribution in [3.05, 3.63) is 59.8 Å². The van der Waals surface area contributed by atoms with Crippen LogP contribution in [-0.4, -0.2) is 35.5 Å². The molecule has 3 rings (SSSR count). The van der Waals surface area contributed by atoms with Crippen molar-refractivity contribution in [2.45, 2.75) is 70.9 Å². The third-order valence-electron chi connectivity index (χ3n) is 6.05. The Balaban J connectivity index is 1.84. The zero-order valence-corrected chi connectivity index (χ0v) is 22.1. The monoisotopic (exact) mass is 515 g/mol. The van der Waals surface area contributed by atoms with Crippen LogP contribution in [0.1, 0.15) is 64.6 Å². The molecule has 10 heteroatoms. The fourth-order valence-corrected chi connectivity index (χ4v) is 5.29. The van der Waals surface area contributed by atoms with E-state index in [2.05, 4.69) is 25.2 Å². The van der Waals surface area contributed by atoms with E-state index in [0.717, 1.165) is 17.7 Å². The van der Waals surface area contributed by atoms with Crippen LogP contribution < -0.4 is 10.0 Å². The molecule has 3 N–H and O–H groups in total. The van der Waals surface area contributed by atoms with Crippen LogP contribution in [0.15, 0.2) is 47.8 Å². The Bertz CT molecular complexity index is 1290. The zero-order chi connectivity index (χ0) is 26.5. The first-order valence-corrected chi connectivity index (χ1v) is 13.6. The molecular weight excluding hydrogens is 481 g/mol. The highest BCUT2D eigenvalue weighted by Gasteiger charge is 2.25. The van der Waals surface area contributed by atoms with Crippen molar-refractivity contribution in [1.82, 2.24) is 19.9 Å². The van der Waals surface area contributed by atoms with Crippen molar-refractivity contribution >= 4 is 21.6 Å². The van der Waals surface area contributed by atoms with E-state index < -0.39 is 16.1 Å². The number of aromatic amines is 1. The summed E-state index contributed by atoms with van der Waals surface area (Å²) >= 11 is 0. The molecule has 0 aliphatic carbocycles. The molecule has 194 valence electrons. The predicted octanol–water partition coefficient (Wildman–Crippen LogP) is 5.02. The lowest BCUT2D eigenvalue weighted by atomic mass is 9.93. The van der Waals surface area contributed by atoms with Crippen LogP contribution in [0.5, 0.6) is 0 Å². The van der Waals surface area contributed by atoms with Crippen LogP contribution in [0.3, 0.4) is 0 Å². The lowest BCUT2D eigenvalue weighted by Crippen LogP contribution is -2.39. The number of hydrogen-bond acceptors (Lipinski definition) is 5. The van der Waals surface area contributed by atoms with Gasteiger partial charge >= 0.3 is 0 Å². The predicted molar refractivity (Wildman–Crippen MR) is 138 cm³/mol. The standard InChI is InChI=1S/C26H34FN5O3S/c1-6-20-13-18(9-11-28-20)22-15-19(27)14-21(16(2)3)26(22)30-24(33)8-7-23(17(4)5)32-36(34,35)25-10-12-29-31-25/h9-17,23,32H,6-8H2,1-5H3,(H,29,31)(H,30,33). The van der Waals surface area contributed by atoms with Gasteiger partial charge in [-0.1, -0.05) is 34.6 Å². The van der Waals surface area contributed by atoms with Gasteiger partial charge in [0.05, 0.1) is 5.69 Å². The molecule has 0 fully saturated rings. The van der Waals surface area contributed by atoms with Crippen LogP contribution in [-0.2, 0) is 21.2 Å². The van der Waals surface area contributed by atoms with Gasteiger partial charge in [-0.05, 0) is 66.1 Å². The molecule has 0 aliphatic heterocycles. The minimum atomic E-state index is -3.81. The second-order valence-electron chi connectivity index (χ2n) is 9.43. The average molecular weight is 516 g/mol. The molecule has 1 atom stereocenters. The van der Waals surface area contributed by atoms with E-state index in [1.54, 1.807) is 12.3 Å². The van der Waals surface area contributed by atoms with E-state index in [4.69, 9.17) is 0 Å². The third kappa shape index (κ3) is 6.76. The number of hydrogen-bond donors (Lipinski definition) is 3. The number of rotatable bonds is 11. The van der Waals surface area contributed by atoms with Gasteiger partial charge in [0.1, 0.15) is 5.82 Å². The molecule has 1 unspecified atom stereocenters. The number of carbonyl (C=O) groups is 1. The number of anilines is 1. The highest BCUT2D eigenvalue weighted by Crippen LogP contribution is 2.36. The van der Waals surface area contributed by atoms with Gasteiger partial charge in [0.15, 0.2) is 5.03 Å². The van der Waals surface area contributed by atoms with Gasteiger partial charge in [0, 0.05) is 36.1 Å². The molecule has 0 aliphatic rings. The molecule has 3 aromatic rings. The Morgan fingerprint density at radius 3 is 2.50 bits per heavy atom. The van der Waals surface area contributed by atoms with Crippen LogP contribution in [0.4, 0.5) is 10.1 Å². The third-order valence-corrected chi connectivity index (χ3v) is 7.45. The molecule has 0 spiro atoms. The first kappa shape index (κ1) is 27.5. The van der Waals surface area contributed by atoms with Gasteiger partial charge in [-0.25, -0.2) is 17.5 Å². The minimum Gasteiger partial charge on any atom is -0.325 e. The summed E-state index contributed by atoms with van der Waals surface area (Å²) in [5.41, 5.74) is 3.47. The molecular formula is C26H34FN5O3S. The number of sulfonamides is 1. The van der Waals surface area contributed by atoms with Crippen LogP contribution in [0.25, 0.3) is 11.1 Å². The van der Waals surface area contributed by atoms with E-state index in [1.165, 1.54) is 24.4 Å². The van der Waals surface area contributed by atoms with Gasteiger partial charge in [-0.15, -0.1) is 0 Å². The number of H-pyrrole nitrogens is 1. The first-order chi connectivity index (χ1) is 17.0. The number of aryl methyl sites for hydroxylation is 1. The largest absolute Gasteiger partial charge is 0.325 e. The number of pyridine rings is 1. The SMILES string of the molecule is CCc1cc(-c2cc(F)cc(C(C)C)c2NC(=O)CCC(NS(=O)(=O)c2cc[nH]n2)C(C)C)ccn1. The Labute approximate surface area is 212 Å². The van der Waals surface area contributed by atoms with Gasteiger partial charge in [0.25, 0.3) is 10.0 Å². The number of aromatic nitrogens is 3. The maximum Gasteiger partial charge on any atom is 0.260 e. The molecule has 2 heterocycles. The summed E-state index contributed by atoms with van der Waals surface area (Å²) in [4.78, 5) is 17.4. The molecule has 36 heavy (non-hydrogen) atoms. The Morgan fingerprint density at radius 2 is 1.89 bits per heavy atom. The Hall–Kier alpha value is -3.11. The quantitative estimate of drug-likeness (QED) is 0.332. The second-order valence-corrected chi connectivity index (χ2v) is 11.1. The lowest BCUT2D eigenvalue weighted by Gasteiger charge is -2.22. The van der Waals surface area contributed by atoms with Crippen molar-refractivity contribution in [1.29, 1.82) is 0 Å². The van der Waals surface area contributed by atoms with Gasteiger partial charge in [-0.3, -0.25) is 14.9 Å². The highest BCUT2D eigenvalue weighted by molar-refractivity contribution is 7.89. The molecule has 0 bridgehead atoms. The molecule has 8 nitrogen and oxygen atoms in total. The van der Waals surface area contributed by atoms with Crippen LogP contribution in [0.2, 0.25) is 0 Å². The lowest BCUT2D eigenvalue weighted by molar-refractivity contribution is -0.116.